The van der Waals surface area contributed by atoms with E-state index in [4.69, 9.17) is 15.3 Å². The Balaban J connectivity index is 1.25. The third-order valence-corrected chi connectivity index (χ3v) is 12.4. The molecule has 286 valence electrons. The number of ether oxygens (including phenoxy) is 1. The van der Waals surface area contributed by atoms with Crippen LogP contribution in [0.2, 0.25) is 0 Å². The first-order chi connectivity index (χ1) is 25.2. The Kier molecular flexibility index (Phi) is 11.4. The summed E-state index contributed by atoms with van der Waals surface area (Å²) in [5, 5.41) is 29.3. The first-order valence-corrected chi connectivity index (χ1v) is 18.9. The number of nitrogens with one attached hydrogen (secondary N) is 2. The molecule has 0 spiro atoms. The Morgan fingerprint density at radius 3 is 2.47 bits per heavy atom. The van der Waals surface area contributed by atoms with E-state index in [9.17, 15) is 19.8 Å². The molecule has 4 fully saturated rings. The van der Waals surface area contributed by atoms with E-state index >= 15 is 0 Å². The maximum atomic E-state index is 14.2. The summed E-state index contributed by atoms with van der Waals surface area (Å²) < 4.78 is 6.05. The Morgan fingerprint density at radius 2 is 1.85 bits per heavy atom. The summed E-state index contributed by atoms with van der Waals surface area (Å²) in [6, 6.07) is 18.3. The number of nitrogen functional groups attached to an aromatic ring is 1. The van der Waals surface area contributed by atoms with Crippen molar-refractivity contribution >= 4 is 23.2 Å². The van der Waals surface area contributed by atoms with Gasteiger partial charge in [0.1, 0.15) is 17.9 Å². The number of aliphatic hydroxyl groups is 2. The molecule has 11 nitrogen and oxygen atoms in total. The smallest absolute Gasteiger partial charge is 0.251 e. The first kappa shape index (κ1) is 38.6. The molecule has 3 aromatic rings. The van der Waals surface area contributed by atoms with Crippen LogP contribution in [0.4, 0.5) is 11.4 Å². The predicted molar refractivity (Wildman–Crippen MR) is 207 cm³/mol. The van der Waals surface area contributed by atoms with Crippen LogP contribution in [0.5, 0.6) is 5.75 Å². The van der Waals surface area contributed by atoms with Gasteiger partial charge < -0.3 is 36.2 Å². The van der Waals surface area contributed by atoms with E-state index in [1.54, 1.807) is 19.1 Å². The minimum absolute atomic E-state index is 0.0369. The second kappa shape index (κ2) is 15.7. The number of nitrogens with zero attached hydrogens (tertiary/aromatic N) is 2. The number of hydrogen-bond acceptors (Lipinski definition) is 9. The highest BCUT2D eigenvalue weighted by atomic mass is 16.7. The second-order valence-corrected chi connectivity index (χ2v) is 16.1. The monoisotopic (exact) mass is 727 g/mol. The zero-order chi connectivity index (χ0) is 38.2. The van der Waals surface area contributed by atoms with Crippen molar-refractivity contribution in [2.45, 2.75) is 77.8 Å². The summed E-state index contributed by atoms with van der Waals surface area (Å²) in [6.45, 7) is 8.84. The van der Waals surface area contributed by atoms with Gasteiger partial charge in [-0.1, -0.05) is 51.1 Å². The van der Waals surface area contributed by atoms with Gasteiger partial charge in [-0.25, -0.2) is 0 Å². The number of hydroxylamine groups is 2. The van der Waals surface area contributed by atoms with E-state index in [2.05, 4.69) is 31.4 Å². The zero-order valence-electron chi connectivity index (χ0n) is 32.1. The summed E-state index contributed by atoms with van der Waals surface area (Å²) in [5.74, 6) is 0.998. The lowest BCUT2D eigenvalue weighted by atomic mass is 9.45. The third kappa shape index (κ3) is 7.76. The van der Waals surface area contributed by atoms with Gasteiger partial charge in [0.15, 0.2) is 0 Å². The molecule has 0 radical (unpaired) electrons. The zero-order valence-corrected chi connectivity index (χ0v) is 32.1. The van der Waals surface area contributed by atoms with E-state index < -0.39 is 24.2 Å². The fraction of sp³-hybridized carbons (Fsp3) is 0.524. The van der Waals surface area contributed by atoms with Gasteiger partial charge in [-0.3, -0.25) is 14.4 Å². The number of hydrogen-bond donors (Lipinski definition) is 5. The van der Waals surface area contributed by atoms with E-state index in [1.807, 2.05) is 79.7 Å². The van der Waals surface area contributed by atoms with Gasteiger partial charge >= 0.3 is 0 Å². The molecule has 1 heterocycles. The molecule has 4 aliphatic rings. The number of aliphatic hydroxyl groups excluding tert-OH is 2. The molecule has 1 aliphatic heterocycles. The van der Waals surface area contributed by atoms with Crippen molar-refractivity contribution < 1.29 is 29.4 Å². The standard InChI is InChI=1S/C42H57N5O6/c1-24-34-20-30(42(34,3)4)21-35(24)45-41(51)38-37(25(2)49)36(23-48)53-47(38)22-27-9-8-10-33(39(27)52-7)28-17-29(19-32(18-28)46(5)6)40(50)44-16-15-26-11-13-31(43)14-12-26/h8-14,17-19,24-25,30,34-38,48-49H,15-16,20-23,43H2,1-7H3,(H,44,50)(H,45,51)/t24-,25-,30-,34+,35-,36-,37+,38-/m0/s1. The number of nitrogens with two attached hydrogens (primary N) is 1. The van der Waals surface area contributed by atoms with Crippen LogP contribution in [-0.2, 0) is 22.6 Å². The highest BCUT2D eigenvalue weighted by Gasteiger charge is 2.57. The van der Waals surface area contributed by atoms with E-state index in [0.717, 1.165) is 34.4 Å². The Bertz CT molecular complexity index is 1780. The van der Waals surface area contributed by atoms with Crippen LogP contribution in [0.3, 0.4) is 0 Å². The van der Waals surface area contributed by atoms with Crippen LogP contribution in [0.15, 0.2) is 60.7 Å². The molecule has 53 heavy (non-hydrogen) atoms. The summed E-state index contributed by atoms with van der Waals surface area (Å²) >= 11 is 0. The molecule has 1 saturated heterocycles. The topological polar surface area (TPSA) is 150 Å². The van der Waals surface area contributed by atoms with Gasteiger partial charge in [-0.2, -0.15) is 5.06 Å². The van der Waals surface area contributed by atoms with Gasteiger partial charge in [0, 0.05) is 60.7 Å². The van der Waals surface area contributed by atoms with E-state index in [-0.39, 0.29) is 36.4 Å². The average molecular weight is 728 g/mol. The summed E-state index contributed by atoms with van der Waals surface area (Å²) in [4.78, 5) is 35.9. The Labute approximate surface area is 313 Å². The number of carbonyl (C=O) groups excluding carboxylic acids is 2. The maximum Gasteiger partial charge on any atom is 0.251 e. The quantitative estimate of drug-likeness (QED) is 0.159. The van der Waals surface area contributed by atoms with Crippen molar-refractivity contribution in [3.05, 3.63) is 77.4 Å². The fourth-order valence-corrected chi connectivity index (χ4v) is 9.09. The lowest BCUT2D eigenvalue weighted by molar-refractivity contribution is -0.183. The van der Waals surface area contributed by atoms with Crippen molar-refractivity contribution in [2.24, 2.45) is 29.1 Å². The molecular formula is C42H57N5O6. The molecule has 2 amide bonds. The van der Waals surface area contributed by atoms with Crippen molar-refractivity contribution in [1.82, 2.24) is 15.7 Å². The molecule has 0 unspecified atom stereocenters. The third-order valence-electron chi connectivity index (χ3n) is 12.4. The van der Waals surface area contributed by atoms with Gasteiger partial charge in [0.25, 0.3) is 5.91 Å². The van der Waals surface area contributed by atoms with Crippen molar-refractivity contribution in [3.63, 3.8) is 0 Å². The fourth-order valence-electron chi connectivity index (χ4n) is 9.09. The molecular weight excluding hydrogens is 670 g/mol. The SMILES string of the molecule is COc1c(CN2O[C@@H](CO)[C@@H]([C@H](C)O)[C@H]2C(=O)N[C@H]2C[C@@H]3C[C@H]([C@@H]2C)C3(C)C)cccc1-c1cc(C(=O)NCCc2ccc(N)cc2)cc(N(C)C)c1. The molecule has 2 bridgehead atoms. The van der Waals surface area contributed by atoms with Gasteiger partial charge in [0.2, 0.25) is 5.91 Å². The van der Waals surface area contributed by atoms with Crippen molar-refractivity contribution in [3.8, 4) is 16.9 Å². The molecule has 3 saturated carbocycles. The molecule has 8 atom stereocenters. The molecule has 3 aliphatic carbocycles. The Morgan fingerprint density at radius 1 is 1.11 bits per heavy atom. The minimum Gasteiger partial charge on any atom is -0.496 e. The number of amides is 2. The van der Waals surface area contributed by atoms with Crippen molar-refractivity contribution in [2.75, 3.05) is 45.0 Å². The lowest BCUT2D eigenvalue weighted by Crippen LogP contribution is -2.62. The number of carbonyl (C=O) groups is 2. The predicted octanol–water partition coefficient (Wildman–Crippen LogP) is 4.64. The normalized spacial score (nSPS) is 26.7. The Hall–Kier alpha value is -4.16. The first-order valence-electron chi connectivity index (χ1n) is 18.9. The van der Waals surface area contributed by atoms with E-state index in [1.165, 1.54) is 6.42 Å². The highest BCUT2D eigenvalue weighted by Crippen LogP contribution is 2.61. The molecule has 7 rings (SSSR count). The van der Waals surface area contributed by atoms with E-state index in [0.29, 0.717) is 47.7 Å². The van der Waals surface area contributed by atoms with Crippen LogP contribution in [0, 0.1) is 29.1 Å². The van der Waals surface area contributed by atoms with Gasteiger partial charge in [-0.05, 0) is 90.8 Å². The summed E-state index contributed by atoms with van der Waals surface area (Å²) in [7, 11) is 5.46. The minimum atomic E-state index is -0.901. The number of methoxy groups -OCH3 is 1. The van der Waals surface area contributed by atoms with Crippen LogP contribution in [-0.4, -0.2) is 85.7 Å². The number of para-hydroxylation sites is 1. The van der Waals surface area contributed by atoms with Crippen molar-refractivity contribution in [1.29, 1.82) is 0 Å². The van der Waals surface area contributed by atoms with Crippen LogP contribution in [0.1, 0.15) is 62.0 Å². The molecule has 6 N–H and O–H groups in total. The average Bonchev–Trinajstić information content (AvgIpc) is 3.51. The summed E-state index contributed by atoms with van der Waals surface area (Å²) in [6.07, 6.45) is 1.14. The van der Waals surface area contributed by atoms with Crippen LogP contribution < -0.4 is 26.0 Å². The maximum absolute atomic E-state index is 14.2. The second-order valence-electron chi connectivity index (χ2n) is 16.1. The number of fused-ring (bicyclic) bond motifs is 2. The van der Waals surface area contributed by atoms with Gasteiger partial charge in [-0.15, -0.1) is 0 Å². The highest BCUT2D eigenvalue weighted by molar-refractivity contribution is 5.97. The molecule has 0 aromatic heterocycles. The number of anilines is 2. The largest absolute Gasteiger partial charge is 0.496 e. The van der Waals surface area contributed by atoms with Gasteiger partial charge in [0.05, 0.1) is 26.4 Å². The number of rotatable bonds is 13. The summed E-state index contributed by atoms with van der Waals surface area (Å²) in [5.41, 5.74) is 11.6. The lowest BCUT2D eigenvalue weighted by Gasteiger charge is -2.62. The molecule has 3 aromatic carbocycles. The molecule has 11 heteroatoms. The number of benzene rings is 3. The van der Waals surface area contributed by atoms with Crippen LogP contribution >= 0.6 is 0 Å². The van der Waals surface area contributed by atoms with Crippen LogP contribution in [0.25, 0.3) is 11.1 Å².